The van der Waals surface area contributed by atoms with Crippen molar-refractivity contribution in [1.82, 2.24) is 4.90 Å². The van der Waals surface area contributed by atoms with Gasteiger partial charge in [0.2, 0.25) is 5.91 Å². The summed E-state index contributed by atoms with van der Waals surface area (Å²) in [5.74, 6) is 0.966. The molecule has 1 aromatic rings. The van der Waals surface area contributed by atoms with E-state index >= 15 is 0 Å². The van der Waals surface area contributed by atoms with Crippen molar-refractivity contribution in [1.29, 1.82) is 0 Å². The zero-order chi connectivity index (χ0) is 13.7. The highest BCUT2D eigenvalue weighted by molar-refractivity contribution is 6.17. The van der Waals surface area contributed by atoms with Crippen LogP contribution in [0.3, 0.4) is 0 Å². The van der Waals surface area contributed by atoms with Crippen LogP contribution in [-0.4, -0.2) is 29.8 Å². The first kappa shape index (κ1) is 14.3. The van der Waals surface area contributed by atoms with Gasteiger partial charge in [-0.15, -0.1) is 11.6 Å². The Labute approximate surface area is 118 Å². The topological polar surface area (TPSA) is 20.3 Å². The van der Waals surface area contributed by atoms with Crippen LogP contribution in [0.1, 0.15) is 24.8 Å². The van der Waals surface area contributed by atoms with E-state index in [1.54, 1.807) is 12.1 Å². The largest absolute Gasteiger partial charge is 0.342 e. The number of rotatable bonds is 4. The van der Waals surface area contributed by atoms with E-state index in [4.69, 9.17) is 11.6 Å². The van der Waals surface area contributed by atoms with Crippen molar-refractivity contribution in [2.45, 2.75) is 25.7 Å². The fourth-order valence-corrected chi connectivity index (χ4v) is 2.92. The Hall–Kier alpha value is -1.09. The van der Waals surface area contributed by atoms with Crippen LogP contribution in [0.2, 0.25) is 0 Å². The Morgan fingerprint density at radius 1 is 1.47 bits per heavy atom. The molecule has 1 amide bonds. The summed E-state index contributed by atoms with van der Waals surface area (Å²) in [6.45, 7) is 1.60. The molecule has 1 aromatic carbocycles. The molecule has 1 heterocycles. The van der Waals surface area contributed by atoms with Crippen molar-refractivity contribution >= 4 is 17.5 Å². The number of hydrogen-bond acceptors (Lipinski definition) is 1. The lowest BCUT2D eigenvalue weighted by Crippen LogP contribution is -2.40. The standard InChI is InChI=1S/C15H19ClFNO/c16-7-6-12-4-2-8-18(11-12)15(19)10-13-3-1-5-14(17)9-13/h1,3,5,9,12H,2,4,6-8,10-11H2. The Kier molecular flexibility index (Phi) is 5.20. The maximum atomic E-state index is 13.1. The SMILES string of the molecule is O=C(Cc1cccc(F)c1)N1CCCC(CCCl)C1. The van der Waals surface area contributed by atoms with Crippen molar-refractivity contribution in [2.24, 2.45) is 5.92 Å². The molecule has 0 aromatic heterocycles. The van der Waals surface area contributed by atoms with Crippen molar-refractivity contribution in [3.8, 4) is 0 Å². The summed E-state index contributed by atoms with van der Waals surface area (Å²) in [6.07, 6.45) is 3.43. The molecule has 2 nitrogen and oxygen atoms in total. The number of hydrogen-bond donors (Lipinski definition) is 0. The zero-order valence-electron chi connectivity index (χ0n) is 10.9. The summed E-state index contributed by atoms with van der Waals surface area (Å²) in [6, 6.07) is 6.26. The molecule has 4 heteroatoms. The van der Waals surface area contributed by atoms with Gasteiger partial charge in [0.1, 0.15) is 5.82 Å². The Morgan fingerprint density at radius 2 is 2.32 bits per heavy atom. The lowest BCUT2D eigenvalue weighted by Gasteiger charge is -2.32. The van der Waals surface area contributed by atoms with Crippen LogP contribution < -0.4 is 0 Å². The highest BCUT2D eigenvalue weighted by atomic mass is 35.5. The molecule has 1 fully saturated rings. The van der Waals surface area contributed by atoms with Gasteiger partial charge >= 0.3 is 0 Å². The molecular formula is C15H19ClFNO. The zero-order valence-corrected chi connectivity index (χ0v) is 11.7. The normalized spacial score (nSPS) is 19.5. The lowest BCUT2D eigenvalue weighted by atomic mass is 9.95. The molecule has 0 bridgehead atoms. The number of amides is 1. The third-order valence-electron chi connectivity index (χ3n) is 3.63. The van der Waals surface area contributed by atoms with Gasteiger partial charge in [-0.25, -0.2) is 4.39 Å². The number of nitrogens with zero attached hydrogens (tertiary/aromatic N) is 1. The van der Waals surface area contributed by atoms with Crippen LogP contribution in [0.15, 0.2) is 24.3 Å². The van der Waals surface area contributed by atoms with Crippen molar-refractivity contribution in [2.75, 3.05) is 19.0 Å². The molecule has 19 heavy (non-hydrogen) atoms. The van der Waals surface area contributed by atoms with E-state index in [0.717, 1.165) is 37.9 Å². The van der Waals surface area contributed by atoms with Gasteiger partial charge in [-0.2, -0.15) is 0 Å². The van der Waals surface area contributed by atoms with Gasteiger partial charge in [0.15, 0.2) is 0 Å². The smallest absolute Gasteiger partial charge is 0.227 e. The molecule has 1 unspecified atom stereocenters. The van der Waals surface area contributed by atoms with Gasteiger partial charge in [-0.05, 0) is 42.9 Å². The summed E-state index contributed by atoms with van der Waals surface area (Å²) in [5.41, 5.74) is 0.740. The molecule has 1 aliphatic rings. The van der Waals surface area contributed by atoms with Crippen molar-refractivity contribution in [3.05, 3.63) is 35.6 Å². The average molecular weight is 284 g/mol. The molecule has 0 N–H and O–H groups in total. The van der Waals surface area contributed by atoms with Gasteiger partial charge < -0.3 is 4.90 Å². The van der Waals surface area contributed by atoms with Crippen LogP contribution in [-0.2, 0) is 11.2 Å². The van der Waals surface area contributed by atoms with E-state index in [0.29, 0.717) is 11.8 Å². The molecule has 0 spiro atoms. The van der Waals surface area contributed by atoms with E-state index in [1.807, 2.05) is 4.90 Å². The summed E-state index contributed by atoms with van der Waals surface area (Å²) in [7, 11) is 0. The highest BCUT2D eigenvalue weighted by Crippen LogP contribution is 2.20. The van der Waals surface area contributed by atoms with Crippen molar-refractivity contribution in [3.63, 3.8) is 0 Å². The third-order valence-corrected chi connectivity index (χ3v) is 3.85. The maximum absolute atomic E-state index is 13.1. The van der Waals surface area contributed by atoms with Crippen LogP contribution >= 0.6 is 11.6 Å². The molecular weight excluding hydrogens is 265 g/mol. The van der Waals surface area contributed by atoms with Gasteiger partial charge in [-0.1, -0.05) is 12.1 Å². The van der Waals surface area contributed by atoms with Crippen LogP contribution in [0, 0.1) is 11.7 Å². The second-order valence-corrected chi connectivity index (χ2v) is 5.51. The number of halogens is 2. The molecule has 104 valence electrons. The first-order chi connectivity index (χ1) is 9.19. The summed E-state index contributed by atoms with van der Waals surface area (Å²) >= 11 is 5.76. The molecule has 0 radical (unpaired) electrons. The average Bonchev–Trinajstić information content (AvgIpc) is 2.39. The number of piperidine rings is 1. The van der Waals surface area contributed by atoms with Crippen LogP contribution in [0.5, 0.6) is 0 Å². The fraction of sp³-hybridized carbons (Fsp3) is 0.533. The molecule has 2 rings (SSSR count). The first-order valence-electron chi connectivity index (χ1n) is 6.77. The number of carbonyl (C=O) groups excluding carboxylic acids is 1. The summed E-state index contributed by atoms with van der Waals surface area (Å²) < 4.78 is 13.1. The van der Waals surface area contributed by atoms with E-state index in [2.05, 4.69) is 0 Å². The van der Waals surface area contributed by atoms with Gasteiger partial charge in [-0.3, -0.25) is 4.79 Å². The van der Waals surface area contributed by atoms with Crippen molar-refractivity contribution < 1.29 is 9.18 Å². The Bertz CT molecular complexity index is 436. The Morgan fingerprint density at radius 3 is 3.05 bits per heavy atom. The predicted octanol–water partition coefficient (Wildman–Crippen LogP) is 3.24. The second kappa shape index (κ2) is 6.90. The molecule has 1 saturated heterocycles. The Balaban J connectivity index is 1.92. The lowest BCUT2D eigenvalue weighted by molar-refractivity contribution is -0.132. The van der Waals surface area contributed by atoms with E-state index in [1.165, 1.54) is 12.1 Å². The number of carbonyl (C=O) groups is 1. The highest BCUT2D eigenvalue weighted by Gasteiger charge is 2.23. The number of likely N-dealkylation sites (tertiary alicyclic amines) is 1. The quantitative estimate of drug-likeness (QED) is 0.777. The van der Waals surface area contributed by atoms with E-state index in [-0.39, 0.29) is 18.1 Å². The predicted molar refractivity (Wildman–Crippen MR) is 74.7 cm³/mol. The molecule has 0 aliphatic carbocycles. The van der Waals surface area contributed by atoms with Gasteiger partial charge in [0, 0.05) is 19.0 Å². The molecule has 1 aliphatic heterocycles. The minimum atomic E-state index is -0.288. The third kappa shape index (κ3) is 4.20. The fourth-order valence-electron chi connectivity index (χ4n) is 2.61. The summed E-state index contributed by atoms with van der Waals surface area (Å²) in [4.78, 5) is 14.1. The first-order valence-corrected chi connectivity index (χ1v) is 7.30. The van der Waals surface area contributed by atoms with Gasteiger partial charge in [0.05, 0.1) is 6.42 Å². The maximum Gasteiger partial charge on any atom is 0.227 e. The summed E-state index contributed by atoms with van der Waals surface area (Å²) in [5, 5.41) is 0. The monoisotopic (exact) mass is 283 g/mol. The number of alkyl halides is 1. The van der Waals surface area contributed by atoms with E-state index in [9.17, 15) is 9.18 Å². The van der Waals surface area contributed by atoms with Crippen LogP contribution in [0.4, 0.5) is 4.39 Å². The van der Waals surface area contributed by atoms with Crippen LogP contribution in [0.25, 0.3) is 0 Å². The molecule has 0 saturated carbocycles. The van der Waals surface area contributed by atoms with E-state index < -0.39 is 0 Å². The molecule has 1 atom stereocenters. The second-order valence-electron chi connectivity index (χ2n) is 5.13. The minimum absolute atomic E-state index is 0.0878. The minimum Gasteiger partial charge on any atom is -0.342 e. The number of benzene rings is 1. The van der Waals surface area contributed by atoms with Gasteiger partial charge in [0.25, 0.3) is 0 Å².